The van der Waals surface area contributed by atoms with E-state index in [9.17, 15) is 0 Å². The molecule has 2 aliphatic carbocycles. The minimum Gasteiger partial charge on any atom is -0.0914 e. The highest BCUT2D eigenvalue weighted by Gasteiger charge is 2.30. The molecule has 2 aliphatic rings. The standard InChI is InChI=1S/C23H32Cl2/c1-2-3-17-6-11-20(12-7-17)21-13-8-18(9-14-21)4-5-19-10-15-22(24)23(25)16-19/h2-3,10,15-18,20-21H,4-9,11-14H2,1H3/b3-2+. The van der Waals surface area contributed by atoms with Gasteiger partial charge < -0.3 is 0 Å². The Kier molecular flexibility index (Phi) is 7.31. The van der Waals surface area contributed by atoms with E-state index in [0.717, 1.165) is 30.1 Å². The predicted molar refractivity (Wildman–Crippen MR) is 110 cm³/mol. The first-order chi connectivity index (χ1) is 12.2. The molecule has 0 spiro atoms. The van der Waals surface area contributed by atoms with Crippen molar-refractivity contribution in [3.63, 3.8) is 0 Å². The van der Waals surface area contributed by atoms with Gasteiger partial charge in [-0.3, -0.25) is 0 Å². The Hall–Kier alpha value is -0.460. The summed E-state index contributed by atoms with van der Waals surface area (Å²) in [5.41, 5.74) is 1.33. The van der Waals surface area contributed by atoms with Crippen LogP contribution in [-0.4, -0.2) is 0 Å². The SMILES string of the molecule is C/C=C/C1CCC(C2CCC(CCc3ccc(Cl)c(Cl)c3)CC2)CC1. The summed E-state index contributed by atoms with van der Waals surface area (Å²) >= 11 is 12.1. The zero-order valence-electron chi connectivity index (χ0n) is 15.5. The van der Waals surface area contributed by atoms with E-state index in [-0.39, 0.29) is 0 Å². The van der Waals surface area contributed by atoms with Gasteiger partial charge in [-0.25, -0.2) is 0 Å². The average molecular weight is 379 g/mol. The molecule has 1 aromatic carbocycles. The molecule has 0 heterocycles. The monoisotopic (exact) mass is 378 g/mol. The number of halogens is 2. The molecule has 0 aromatic heterocycles. The Morgan fingerprint density at radius 2 is 1.52 bits per heavy atom. The van der Waals surface area contributed by atoms with Gasteiger partial charge in [0, 0.05) is 0 Å². The lowest BCUT2D eigenvalue weighted by atomic mass is 9.68. The van der Waals surface area contributed by atoms with Crippen molar-refractivity contribution in [2.24, 2.45) is 23.7 Å². The van der Waals surface area contributed by atoms with Crippen molar-refractivity contribution in [2.45, 2.75) is 71.1 Å². The second-order valence-electron chi connectivity index (χ2n) is 8.27. The molecule has 3 rings (SSSR count). The molecule has 1 aromatic rings. The van der Waals surface area contributed by atoms with E-state index in [1.165, 1.54) is 63.4 Å². The quantitative estimate of drug-likeness (QED) is 0.453. The van der Waals surface area contributed by atoms with E-state index in [1.54, 1.807) is 0 Å². The fourth-order valence-corrected chi connectivity index (χ4v) is 5.42. The minimum atomic E-state index is 0.662. The molecule has 0 N–H and O–H groups in total. The van der Waals surface area contributed by atoms with Gasteiger partial charge in [0.15, 0.2) is 0 Å². The first-order valence-corrected chi connectivity index (χ1v) is 11.0. The summed E-state index contributed by atoms with van der Waals surface area (Å²) in [6.45, 7) is 2.16. The number of aryl methyl sites for hydroxylation is 1. The lowest BCUT2D eigenvalue weighted by Crippen LogP contribution is -2.25. The van der Waals surface area contributed by atoms with Crippen molar-refractivity contribution in [3.8, 4) is 0 Å². The van der Waals surface area contributed by atoms with Crippen molar-refractivity contribution in [2.75, 3.05) is 0 Å². The second-order valence-corrected chi connectivity index (χ2v) is 9.08. The average Bonchev–Trinajstić information content (AvgIpc) is 2.64. The van der Waals surface area contributed by atoms with Crippen molar-refractivity contribution in [1.29, 1.82) is 0 Å². The van der Waals surface area contributed by atoms with Gasteiger partial charge in [-0.1, -0.05) is 54.3 Å². The van der Waals surface area contributed by atoms with Crippen molar-refractivity contribution < 1.29 is 0 Å². The summed E-state index contributed by atoms with van der Waals surface area (Å²) in [6.07, 6.45) is 18.7. The van der Waals surface area contributed by atoms with Gasteiger partial charge in [0.2, 0.25) is 0 Å². The Balaban J connectivity index is 1.39. The molecule has 2 heteroatoms. The van der Waals surface area contributed by atoms with Crippen LogP contribution in [0.3, 0.4) is 0 Å². The van der Waals surface area contributed by atoms with Crippen LogP contribution in [0.1, 0.15) is 70.3 Å². The maximum absolute atomic E-state index is 6.13. The Morgan fingerprint density at radius 3 is 2.12 bits per heavy atom. The molecule has 0 amide bonds. The van der Waals surface area contributed by atoms with Crippen molar-refractivity contribution >= 4 is 23.2 Å². The highest BCUT2D eigenvalue weighted by Crippen LogP contribution is 2.42. The van der Waals surface area contributed by atoms with Crippen LogP contribution >= 0.6 is 23.2 Å². The lowest BCUT2D eigenvalue weighted by molar-refractivity contribution is 0.152. The summed E-state index contributed by atoms with van der Waals surface area (Å²) in [5, 5.41) is 1.35. The first kappa shape index (κ1) is 19.3. The van der Waals surface area contributed by atoms with Crippen LogP contribution in [0.25, 0.3) is 0 Å². The lowest BCUT2D eigenvalue weighted by Gasteiger charge is -2.37. The van der Waals surface area contributed by atoms with Crippen LogP contribution in [0.2, 0.25) is 10.0 Å². The zero-order valence-corrected chi connectivity index (χ0v) is 17.0. The fraction of sp³-hybridized carbons (Fsp3) is 0.652. The summed E-state index contributed by atoms with van der Waals surface area (Å²) < 4.78 is 0. The third kappa shape index (κ3) is 5.51. The highest BCUT2D eigenvalue weighted by atomic mass is 35.5. The minimum absolute atomic E-state index is 0.662. The maximum Gasteiger partial charge on any atom is 0.0595 e. The molecule has 0 saturated heterocycles. The smallest absolute Gasteiger partial charge is 0.0595 e. The Labute approximate surface area is 164 Å². The van der Waals surface area contributed by atoms with Crippen LogP contribution in [0, 0.1) is 23.7 Å². The van der Waals surface area contributed by atoms with Gasteiger partial charge in [-0.15, -0.1) is 0 Å². The third-order valence-electron chi connectivity index (χ3n) is 6.66. The number of hydrogen-bond donors (Lipinski definition) is 0. The van der Waals surface area contributed by atoms with Gasteiger partial charge in [-0.05, 0) is 99.7 Å². The van der Waals surface area contributed by atoms with Crippen LogP contribution in [0.15, 0.2) is 30.4 Å². The first-order valence-electron chi connectivity index (χ1n) is 10.2. The number of benzene rings is 1. The Morgan fingerprint density at radius 1 is 0.880 bits per heavy atom. The predicted octanol–water partition coefficient (Wildman–Crippen LogP) is 8.11. The third-order valence-corrected chi connectivity index (χ3v) is 7.40. The second kappa shape index (κ2) is 9.47. The molecular formula is C23H32Cl2. The van der Waals surface area contributed by atoms with Crippen LogP contribution in [0.5, 0.6) is 0 Å². The molecule has 0 radical (unpaired) electrons. The summed E-state index contributed by atoms with van der Waals surface area (Å²) in [7, 11) is 0. The molecule has 0 nitrogen and oxygen atoms in total. The van der Waals surface area contributed by atoms with Gasteiger partial charge in [0.1, 0.15) is 0 Å². The van der Waals surface area contributed by atoms with E-state index in [2.05, 4.69) is 25.1 Å². The largest absolute Gasteiger partial charge is 0.0914 e. The van der Waals surface area contributed by atoms with E-state index >= 15 is 0 Å². The molecule has 0 bridgehead atoms. The fourth-order valence-electron chi connectivity index (χ4n) is 5.10. The summed E-state index contributed by atoms with van der Waals surface area (Å²) in [5.74, 6) is 3.79. The van der Waals surface area contributed by atoms with Gasteiger partial charge in [0.05, 0.1) is 10.0 Å². The van der Waals surface area contributed by atoms with E-state index in [0.29, 0.717) is 10.0 Å². The number of allylic oxidation sites excluding steroid dienone is 2. The van der Waals surface area contributed by atoms with Gasteiger partial charge in [0.25, 0.3) is 0 Å². The molecule has 138 valence electrons. The van der Waals surface area contributed by atoms with Crippen molar-refractivity contribution in [1.82, 2.24) is 0 Å². The molecule has 0 atom stereocenters. The summed E-state index contributed by atoms with van der Waals surface area (Å²) in [4.78, 5) is 0. The topological polar surface area (TPSA) is 0 Å². The van der Waals surface area contributed by atoms with Gasteiger partial charge >= 0.3 is 0 Å². The Bertz CT molecular complexity index is 561. The summed E-state index contributed by atoms with van der Waals surface area (Å²) in [6, 6.07) is 6.10. The maximum atomic E-state index is 6.13. The molecule has 25 heavy (non-hydrogen) atoms. The van der Waals surface area contributed by atoms with Crippen LogP contribution < -0.4 is 0 Å². The molecule has 0 aliphatic heterocycles. The van der Waals surface area contributed by atoms with Crippen LogP contribution in [-0.2, 0) is 6.42 Å². The van der Waals surface area contributed by atoms with E-state index in [4.69, 9.17) is 23.2 Å². The van der Waals surface area contributed by atoms with E-state index in [1.807, 2.05) is 12.1 Å². The normalized spacial score (nSPS) is 30.7. The van der Waals surface area contributed by atoms with Crippen LogP contribution in [0.4, 0.5) is 0 Å². The zero-order chi connectivity index (χ0) is 17.6. The highest BCUT2D eigenvalue weighted by molar-refractivity contribution is 6.42. The molecule has 2 saturated carbocycles. The molecule has 2 fully saturated rings. The van der Waals surface area contributed by atoms with Gasteiger partial charge in [-0.2, -0.15) is 0 Å². The molecular weight excluding hydrogens is 347 g/mol. The van der Waals surface area contributed by atoms with Crippen molar-refractivity contribution in [3.05, 3.63) is 46.0 Å². The van der Waals surface area contributed by atoms with E-state index < -0.39 is 0 Å². The molecule has 0 unspecified atom stereocenters. The number of rotatable bonds is 5. The number of hydrogen-bond acceptors (Lipinski definition) is 0.